The molecule has 0 atom stereocenters. The lowest BCUT2D eigenvalue weighted by Crippen LogP contribution is -2.23. The molecular weight excluding hydrogens is 420 g/mol. The first-order chi connectivity index (χ1) is 14.3. The van der Waals surface area contributed by atoms with Gasteiger partial charge in [-0.3, -0.25) is 30.3 Å². The molecule has 12 nitrogen and oxygen atoms in total. The fourth-order valence-electron chi connectivity index (χ4n) is 2.29. The zero-order valence-electron chi connectivity index (χ0n) is 15.0. The maximum Gasteiger partial charge on any atom is 0.344 e. The fourth-order valence-corrected chi connectivity index (χ4v) is 3.21. The molecule has 13 heteroatoms. The number of amides is 1. The Morgan fingerprint density at radius 2 is 1.83 bits per heavy atom. The molecule has 0 bridgehead atoms. The van der Waals surface area contributed by atoms with Crippen LogP contribution in [0.4, 0.5) is 16.5 Å². The summed E-state index contributed by atoms with van der Waals surface area (Å²) in [4.78, 5) is 48.3. The van der Waals surface area contributed by atoms with Gasteiger partial charge in [0, 0.05) is 18.2 Å². The standard InChI is InChI=1S/C17H12N4O8S/c22-15(19-17-18-11-6-5-10(20(24)25)7-14(11)30-17)8-29-16(23)9-28-13-4-2-1-3-12(13)21(26)27/h1-7H,8-9H2,(H,18,19,22). The summed E-state index contributed by atoms with van der Waals surface area (Å²) in [6.07, 6.45) is 0. The van der Waals surface area contributed by atoms with E-state index in [1.165, 1.54) is 42.5 Å². The van der Waals surface area contributed by atoms with Gasteiger partial charge in [0.2, 0.25) is 0 Å². The lowest BCUT2D eigenvalue weighted by molar-refractivity contribution is -0.385. The van der Waals surface area contributed by atoms with Crippen LogP contribution in [0, 0.1) is 20.2 Å². The number of aromatic nitrogens is 1. The topological polar surface area (TPSA) is 164 Å². The van der Waals surface area contributed by atoms with Crippen LogP contribution < -0.4 is 10.1 Å². The minimum absolute atomic E-state index is 0.100. The van der Waals surface area contributed by atoms with Gasteiger partial charge < -0.3 is 9.47 Å². The molecule has 0 spiro atoms. The fraction of sp³-hybridized carbons (Fsp3) is 0.118. The third-order valence-corrected chi connectivity index (χ3v) is 4.53. The number of rotatable bonds is 8. The van der Waals surface area contributed by atoms with Crippen LogP contribution in [0.1, 0.15) is 0 Å². The number of ether oxygens (including phenoxy) is 2. The predicted molar refractivity (Wildman–Crippen MR) is 104 cm³/mol. The third kappa shape index (κ3) is 5.02. The molecule has 0 aliphatic rings. The summed E-state index contributed by atoms with van der Waals surface area (Å²) >= 11 is 1.03. The number of carbonyl (C=O) groups excluding carboxylic acids is 2. The molecule has 1 aromatic heterocycles. The number of nitrogens with zero attached hydrogens (tertiary/aromatic N) is 3. The van der Waals surface area contributed by atoms with Crippen molar-refractivity contribution in [1.29, 1.82) is 0 Å². The minimum Gasteiger partial charge on any atom is -0.475 e. The molecule has 154 valence electrons. The number of thiazole rings is 1. The normalized spacial score (nSPS) is 10.4. The van der Waals surface area contributed by atoms with Crippen molar-refractivity contribution in [3.05, 3.63) is 62.7 Å². The van der Waals surface area contributed by atoms with Gasteiger partial charge in [-0.2, -0.15) is 0 Å². The molecule has 1 amide bonds. The van der Waals surface area contributed by atoms with Gasteiger partial charge in [0.15, 0.2) is 24.1 Å². The molecule has 0 aliphatic carbocycles. The van der Waals surface area contributed by atoms with E-state index in [2.05, 4.69) is 10.3 Å². The molecule has 0 radical (unpaired) electrons. The predicted octanol–water partition coefficient (Wildman–Crippen LogP) is 2.67. The summed E-state index contributed by atoms with van der Waals surface area (Å²) in [6, 6.07) is 9.60. The SMILES string of the molecule is O=C(COC(=O)COc1ccccc1[N+](=O)[O-])Nc1nc2ccc([N+](=O)[O-])cc2s1. The zero-order chi connectivity index (χ0) is 21.7. The van der Waals surface area contributed by atoms with E-state index < -0.39 is 34.9 Å². The Morgan fingerprint density at radius 1 is 1.07 bits per heavy atom. The van der Waals surface area contributed by atoms with Crippen molar-refractivity contribution in [2.45, 2.75) is 0 Å². The number of carbonyl (C=O) groups is 2. The van der Waals surface area contributed by atoms with Gasteiger partial charge in [0.05, 0.1) is 20.1 Å². The van der Waals surface area contributed by atoms with Crippen LogP contribution in [0.2, 0.25) is 0 Å². The quantitative estimate of drug-likeness (QED) is 0.320. The number of nitro benzene ring substituents is 2. The molecule has 0 saturated carbocycles. The second-order valence-electron chi connectivity index (χ2n) is 5.65. The number of para-hydroxylation sites is 2. The Bertz CT molecular complexity index is 1150. The first kappa shape index (κ1) is 20.6. The summed E-state index contributed by atoms with van der Waals surface area (Å²) in [5.74, 6) is -1.68. The second kappa shape index (κ2) is 8.91. The van der Waals surface area contributed by atoms with Gasteiger partial charge in [-0.1, -0.05) is 23.5 Å². The van der Waals surface area contributed by atoms with Gasteiger partial charge in [0.25, 0.3) is 11.6 Å². The van der Waals surface area contributed by atoms with E-state index in [9.17, 15) is 29.8 Å². The molecule has 3 aromatic rings. The number of fused-ring (bicyclic) bond motifs is 1. The summed E-state index contributed by atoms with van der Waals surface area (Å²) in [6.45, 7) is -1.25. The number of benzene rings is 2. The maximum absolute atomic E-state index is 11.9. The summed E-state index contributed by atoms with van der Waals surface area (Å²) in [5, 5.41) is 24.3. The van der Waals surface area contributed by atoms with Crippen LogP contribution in [-0.2, 0) is 14.3 Å². The summed E-state index contributed by atoms with van der Waals surface area (Å²) in [7, 11) is 0. The number of hydrogen-bond acceptors (Lipinski definition) is 10. The van der Waals surface area contributed by atoms with Crippen LogP contribution in [0.3, 0.4) is 0 Å². The molecule has 0 saturated heterocycles. The van der Waals surface area contributed by atoms with Gasteiger partial charge in [-0.25, -0.2) is 9.78 Å². The Labute approximate surface area is 171 Å². The van der Waals surface area contributed by atoms with E-state index in [1.807, 2.05) is 0 Å². The van der Waals surface area contributed by atoms with Gasteiger partial charge >= 0.3 is 11.7 Å². The van der Waals surface area contributed by atoms with Crippen molar-refractivity contribution >= 4 is 49.9 Å². The van der Waals surface area contributed by atoms with Crippen molar-refractivity contribution in [2.75, 3.05) is 18.5 Å². The highest BCUT2D eigenvalue weighted by atomic mass is 32.1. The van der Waals surface area contributed by atoms with Crippen LogP contribution in [0.5, 0.6) is 5.75 Å². The van der Waals surface area contributed by atoms with Crippen LogP contribution in [0.15, 0.2) is 42.5 Å². The van der Waals surface area contributed by atoms with E-state index >= 15 is 0 Å². The van der Waals surface area contributed by atoms with Gasteiger partial charge in [-0.05, 0) is 12.1 Å². The molecule has 0 unspecified atom stereocenters. The highest BCUT2D eigenvalue weighted by Crippen LogP contribution is 2.29. The monoisotopic (exact) mass is 432 g/mol. The third-order valence-electron chi connectivity index (χ3n) is 3.60. The van der Waals surface area contributed by atoms with E-state index in [0.29, 0.717) is 10.2 Å². The summed E-state index contributed by atoms with van der Waals surface area (Å²) in [5.41, 5.74) is 0.0616. The number of non-ortho nitro benzene ring substituents is 1. The first-order valence-electron chi connectivity index (χ1n) is 8.20. The van der Waals surface area contributed by atoms with Gasteiger partial charge in [0.1, 0.15) is 0 Å². The van der Waals surface area contributed by atoms with Crippen molar-refractivity contribution in [2.24, 2.45) is 0 Å². The van der Waals surface area contributed by atoms with E-state index in [4.69, 9.17) is 9.47 Å². The van der Waals surface area contributed by atoms with Crippen LogP contribution in [0.25, 0.3) is 10.2 Å². The highest BCUT2D eigenvalue weighted by molar-refractivity contribution is 7.22. The molecule has 0 aliphatic heterocycles. The molecule has 1 N–H and O–H groups in total. The molecule has 0 fully saturated rings. The second-order valence-corrected chi connectivity index (χ2v) is 6.68. The lowest BCUT2D eigenvalue weighted by atomic mass is 10.3. The average molecular weight is 432 g/mol. The number of nitrogens with one attached hydrogen (secondary N) is 1. The Hall–Kier alpha value is -4.13. The van der Waals surface area contributed by atoms with Crippen molar-refractivity contribution in [3.63, 3.8) is 0 Å². The molecule has 2 aromatic carbocycles. The lowest BCUT2D eigenvalue weighted by Gasteiger charge is -2.07. The average Bonchev–Trinajstić information content (AvgIpc) is 3.12. The number of esters is 1. The van der Waals surface area contributed by atoms with Crippen molar-refractivity contribution in [3.8, 4) is 5.75 Å². The van der Waals surface area contributed by atoms with Crippen LogP contribution in [-0.4, -0.2) is 39.9 Å². The van der Waals surface area contributed by atoms with E-state index in [-0.39, 0.29) is 22.3 Å². The molecule has 3 rings (SSSR count). The van der Waals surface area contributed by atoms with Gasteiger partial charge in [-0.15, -0.1) is 0 Å². The molecular formula is C17H12N4O8S. The smallest absolute Gasteiger partial charge is 0.344 e. The Balaban J connectivity index is 1.51. The number of hydrogen-bond donors (Lipinski definition) is 1. The van der Waals surface area contributed by atoms with Crippen molar-refractivity contribution < 1.29 is 28.9 Å². The minimum atomic E-state index is -0.900. The zero-order valence-corrected chi connectivity index (χ0v) is 15.8. The Morgan fingerprint density at radius 3 is 2.57 bits per heavy atom. The number of anilines is 1. The van der Waals surface area contributed by atoms with E-state index in [1.54, 1.807) is 0 Å². The number of nitro groups is 2. The van der Waals surface area contributed by atoms with Crippen molar-refractivity contribution in [1.82, 2.24) is 4.98 Å². The first-order valence-corrected chi connectivity index (χ1v) is 9.02. The Kier molecular flexibility index (Phi) is 6.12. The highest BCUT2D eigenvalue weighted by Gasteiger charge is 2.17. The largest absolute Gasteiger partial charge is 0.475 e. The molecule has 1 heterocycles. The van der Waals surface area contributed by atoms with E-state index in [0.717, 1.165) is 11.3 Å². The summed E-state index contributed by atoms with van der Waals surface area (Å²) < 4.78 is 10.3. The maximum atomic E-state index is 11.9. The molecule has 30 heavy (non-hydrogen) atoms. The van der Waals surface area contributed by atoms with Crippen LogP contribution >= 0.6 is 11.3 Å².